The maximum atomic E-state index is 5.53. The summed E-state index contributed by atoms with van der Waals surface area (Å²) in [5, 5.41) is 0. The highest BCUT2D eigenvalue weighted by Gasteiger charge is 2.16. The van der Waals surface area contributed by atoms with Crippen LogP contribution in [0, 0.1) is 0 Å². The number of nitrogens with two attached hydrogens (primary N) is 1. The third-order valence-corrected chi connectivity index (χ3v) is 2.46. The number of hydrogen-bond donors (Lipinski definition) is 1. The Bertz CT molecular complexity index is 355. The number of rotatable bonds is 2. The predicted octanol–water partition coefficient (Wildman–Crippen LogP) is 0.0591. The van der Waals surface area contributed by atoms with Crippen LogP contribution in [0.5, 0.6) is 5.88 Å². The summed E-state index contributed by atoms with van der Waals surface area (Å²) in [6.45, 7) is 1.75. The van der Waals surface area contributed by atoms with E-state index in [1.807, 2.05) is 0 Å². The quantitative estimate of drug-likeness (QED) is 0.745. The maximum absolute atomic E-state index is 5.53. The first-order valence-electron chi connectivity index (χ1n) is 5.05. The molecule has 0 saturated heterocycles. The molecule has 5 nitrogen and oxygen atoms in total. The summed E-state index contributed by atoms with van der Waals surface area (Å²) in [5.41, 5.74) is 7.61. The van der Waals surface area contributed by atoms with E-state index in [2.05, 4.69) is 9.97 Å². The van der Waals surface area contributed by atoms with Crippen LogP contribution in [0.15, 0.2) is 0 Å². The molecule has 0 unspecified atom stereocenters. The van der Waals surface area contributed by atoms with Crippen molar-refractivity contribution in [1.29, 1.82) is 0 Å². The van der Waals surface area contributed by atoms with Crippen LogP contribution in [0.25, 0.3) is 0 Å². The van der Waals surface area contributed by atoms with Crippen molar-refractivity contribution < 1.29 is 9.47 Å². The van der Waals surface area contributed by atoms with Gasteiger partial charge in [-0.15, -0.1) is 0 Å². The fraction of sp³-hybridized carbons (Fsp3) is 0.600. The summed E-state index contributed by atoms with van der Waals surface area (Å²) in [6.07, 6.45) is 1.62. The Kier molecular flexibility index (Phi) is 3.13. The molecular weight excluding hydrogens is 194 g/mol. The standard InChI is InChI=1S/C10H15N3O2/c1-14-10-7-2-4-15-5-3-8(7)12-9(6-11)13-10/h2-6,11H2,1H3. The first-order valence-corrected chi connectivity index (χ1v) is 5.05. The molecule has 2 N–H and O–H groups in total. The van der Waals surface area contributed by atoms with Crippen LogP contribution >= 0.6 is 0 Å². The zero-order valence-corrected chi connectivity index (χ0v) is 8.82. The van der Waals surface area contributed by atoms with E-state index >= 15 is 0 Å². The minimum atomic E-state index is 0.338. The molecule has 82 valence electrons. The molecule has 2 rings (SSSR count). The summed E-state index contributed by atoms with van der Waals surface area (Å²) >= 11 is 0. The van der Waals surface area contributed by atoms with Crippen LogP contribution in [-0.4, -0.2) is 30.3 Å². The molecule has 1 aromatic heterocycles. The van der Waals surface area contributed by atoms with E-state index in [0.717, 1.165) is 24.1 Å². The highest BCUT2D eigenvalue weighted by molar-refractivity contribution is 5.32. The Labute approximate surface area is 88.6 Å². The lowest BCUT2D eigenvalue weighted by Gasteiger charge is -2.10. The number of nitrogens with zero attached hydrogens (tertiary/aromatic N) is 2. The van der Waals surface area contributed by atoms with Gasteiger partial charge in [-0.2, -0.15) is 4.98 Å². The summed E-state index contributed by atoms with van der Waals surface area (Å²) in [5.74, 6) is 1.28. The minimum absolute atomic E-state index is 0.338. The topological polar surface area (TPSA) is 70.3 Å². The molecule has 0 atom stereocenters. The fourth-order valence-electron chi connectivity index (χ4n) is 1.72. The van der Waals surface area contributed by atoms with Gasteiger partial charge in [-0.1, -0.05) is 0 Å². The molecule has 0 radical (unpaired) electrons. The molecule has 2 heterocycles. The third-order valence-electron chi connectivity index (χ3n) is 2.46. The van der Waals surface area contributed by atoms with E-state index < -0.39 is 0 Å². The molecule has 0 spiro atoms. The molecule has 0 fully saturated rings. The molecule has 1 aromatic rings. The Morgan fingerprint density at radius 3 is 2.87 bits per heavy atom. The first-order chi connectivity index (χ1) is 7.35. The normalized spacial score (nSPS) is 15.6. The van der Waals surface area contributed by atoms with Crippen LogP contribution in [0.2, 0.25) is 0 Å². The number of aromatic nitrogens is 2. The SMILES string of the molecule is COc1nc(CN)nc2c1CCOCC2. The van der Waals surface area contributed by atoms with E-state index in [1.165, 1.54) is 0 Å². The average molecular weight is 209 g/mol. The van der Waals surface area contributed by atoms with Crippen molar-refractivity contribution >= 4 is 0 Å². The molecule has 0 aliphatic carbocycles. The van der Waals surface area contributed by atoms with Crippen LogP contribution in [0.3, 0.4) is 0 Å². The first kappa shape index (κ1) is 10.3. The number of ether oxygens (including phenoxy) is 2. The Morgan fingerprint density at radius 2 is 2.13 bits per heavy atom. The largest absolute Gasteiger partial charge is 0.481 e. The van der Waals surface area contributed by atoms with Crippen LogP contribution < -0.4 is 10.5 Å². The Morgan fingerprint density at radius 1 is 1.33 bits per heavy atom. The van der Waals surface area contributed by atoms with E-state index in [1.54, 1.807) is 7.11 Å². The van der Waals surface area contributed by atoms with Crippen LogP contribution in [0.1, 0.15) is 17.1 Å². The van der Waals surface area contributed by atoms with Gasteiger partial charge in [-0.05, 0) is 0 Å². The highest BCUT2D eigenvalue weighted by Crippen LogP contribution is 2.22. The van der Waals surface area contributed by atoms with Crippen LogP contribution in [0.4, 0.5) is 0 Å². The lowest BCUT2D eigenvalue weighted by Crippen LogP contribution is -2.10. The second-order valence-electron chi connectivity index (χ2n) is 3.39. The lowest BCUT2D eigenvalue weighted by molar-refractivity contribution is 0.146. The smallest absolute Gasteiger partial charge is 0.220 e. The number of fused-ring (bicyclic) bond motifs is 1. The Balaban J connectivity index is 2.45. The summed E-state index contributed by atoms with van der Waals surface area (Å²) in [4.78, 5) is 8.66. The number of hydrogen-bond acceptors (Lipinski definition) is 5. The minimum Gasteiger partial charge on any atom is -0.481 e. The summed E-state index contributed by atoms with van der Waals surface area (Å²) < 4.78 is 10.6. The van der Waals surface area contributed by atoms with Crippen molar-refractivity contribution in [3.63, 3.8) is 0 Å². The van der Waals surface area contributed by atoms with Gasteiger partial charge in [0.25, 0.3) is 0 Å². The molecule has 5 heteroatoms. The molecule has 0 amide bonds. The van der Waals surface area contributed by atoms with Crippen LogP contribution in [-0.2, 0) is 24.1 Å². The van der Waals surface area contributed by atoms with E-state index in [0.29, 0.717) is 31.5 Å². The van der Waals surface area contributed by atoms with Gasteiger partial charge in [0, 0.05) is 18.4 Å². The molecule has 1 aliphatic rings. The van der Waals surface area contributed by atoms with Crippen molar-refractivity contribution in [3.05, 3.63) is 17.1 Å². The molecule has 0 bridgehead atoms. The van der Waals surface area contributed by atoms with Crippen molar-refractivity contribution in [3.8, 4) is 5.88 Å². The van der Waals surface area contributed by atoms with Gasteiger partial charge in [0.2, 0.25) is 5.88 Å². The highest BCUT2D eigenvalue weighted by atomic mass is 16.5. The van der Waals surface area contributed by atoms with Gasteiger partial charge < -0.3 is 15.2 Å². The monoisotopic (exact) mass is 209 g/mol. The second-order valence-corrected chi connectivity index (χ2v) is 3.39. The Hall–Kier alpha value is -1.20. The number of methoxy groups -OCH3 is 1. The third kappa shape index (κ3) is 2.08. The van der Waals surface area contributed by atoms with Crippen molar-refractivity contribution in [1.82, 2.24) is 9.97 Å². The predicted molar refractivity (Wildman–Crippen MR) is 54.7 cm³/mol. The van der Waals surface area contributed by atoms with E-state index in [4.69, 9.17) is 15.2 Å². The lowest BCUT2D eigenvalue weighted by atomic mass is 10.1. The maximum Gasteiger partial charge on any atom is 0.220 e. The second kappa shape index (κ2) is 4.55. The molecule has 0 aromatic carbocycles. The fourth-order valence-corrected chi connectivity index (χ4v) is 1.72. The summed E-state index contributed by atoms with van der Waals surface area (Å²) in [7, 11) is 1.62. The zero-order chi connectivity index (χ0) is 10.7. The van der Waals surface area contributed by atoms with Gasteiger partial charge in [0.15, 0.2) is 0 Å². The molecular formula is C10H15N3O2. The van der Waals surface area contributed by atoms with Gasteiger partial charge in [0.1, 0.15) is 5.82 Å². The molecule has 1 aliphatic heterocycles. The van der Waals surface area contributed by atoms with E-state index in [-0.39, 0.29) is 0 Å². The van der Waals surface area contributed by atoms with Crippen molar-refractivity contribution in [2.75, 3.05) is 20.3 Å². The molecule has 15 heavy (non-hydrogen) atoms. The van der Waals surface area contributed by atoms with E-state index in [9.17, 15) is 0 Å². The van der Waals surface area contributed by atoms with Gasteiger partial charge in [-0.25, -0.2) is 4.98 Å². The summed E-state index contributed by atoms with van der Waals surface area (Å²) in [6, 6.07) is 0. The van der Waals surface area contributed by atoms with Gasteiger partial charge >= 0.3 is 0 Å². The van der Waals surface area contributed by atoms with Gasteiger partial charge in [-0.3, -0.25) is 0 Å². The zero-order valence-electron chi connectivity index (χ0n) is 8.82. The average Bonchev–Trinajstić information content (AvgIpc) is 2.52. The van der Waals surface area contributed by atoms with Gasteiger partial charge in [0.05, 0.1) is 32.6 Å². The van der Waals surface area contributed by atoms with Crippen molar-refractivity contribution in [2.24, 2.45) is 5.73 Å². The molecule has 0 saturated carbocycles. The van der Waals surface area contributed by atoms with Crippen molar-refractivity contribution in [2.45, 2.75) is 19.4 Å².